The highest BCUT2D eigenvalue weighted by Gasteiger charge is 2.20. The molecule has 2 amide bonds. The Hall–Kier alpha value is -4.50. The van der Waals surface area contributed by atoms with Crippen LogP contribution in [-0.2, 0) is 0 Å². The summed E-state index contributed by atoms with van der Waals surface area (Å²) in [6.45, 7) is 7.72. The molecule has 9 nitrogen and oxygen atoms in total. The minimum absolute atomic E-state index is 0.0986. The maximum Gasteiger partial charge on any atom is 0.258 e. The molecule has 0 bridgehead atoms. The van der Waals surface area contributed by atoms with Crippen LogP contribution >= 0.6 is 0 Å². The van der Waals surface area contributed by atoms with Gasteiger partial charge in [0.05, 0.1) is 5.69 Å². The highest BCUT2D eigenvalue weighted by Crippen LogP contribution is 2.23. The molecule has 1 aromatic heterocycles. The topological polar surface area (TPSA) is 95.4 Å². The first-order valence-electron chi connectivity index (χ1n) is 12.6. The molecule has 0 saturated carbocycles. The monoisotopic (exact) mass is 509 g/mol. The van der Waals surface area contributed by atoms with E-state index in [1.54, 1.807) is 12.1 Å². The molecule has 1 aliphatic heterocycles. The van der Waals surface area contributed by atoms with E-state index >= 15 is 0 Å². The smallest absolute Gasteiger partial charge is 0.258 e. The van der Waals surface area contributed by atoms with E-state index in [0.29, 0.717) is 16.8 Å². The molecular weight excluding hydrogens is 478 g/mol. The number of carbonyl (C=O) groups excluding carboxylic acids is 2. The van der Waals surface area contributed by atoms with Gasteiger partial charge in [-0.1, -0.05) is 36.4 Å². The van der Waals surface area contributed by atoms with Crippen LogP contribution < -0.4 is 15.5 Å². The summed E-state index contributed by atoms with van der Waals surface area (Å²) in [7, 11) is 2.13. The van der Waals surface area contributed by atoms with E-state index < -0.39 is 0 Å². The van der Waals surface area contributed by atoms with Gasteiger partial charge in [0.2, 0.25) is 5.95 Å². The van der Waals surface area contributed by atoms with Gasteiger partial charge in [0.1, 0.15) is 0 Å². The van der Waals surface area contributed by atoms with Gasteiger partial charge in [-0.15, -0.1) is 5.10 Å². The lowest BCUT2D eigenvalue weighted by Crippen LogP contribution is -2.44. The van der Waals surface area contributed by atoms with Crippen LogP contribution in [0.1, 0.15) is 31.8 Å². The van der Waals surface area contributed by atoms with Gasteiger partial charge in [0.25, 0.3) is 17.8 Å². The highest BCUT2D eigenvalue weighted by molar-refractivity contribution is 6.06. The standard InChI is InChI=1S/C29H31N7O2/c1-20-8-4-6-10-24(20)26(37)30-28-32-29(31-27(38)25-11-7-5-9-21(25)2)36(33-28)23-14-12-22(13-15-23)35-18-16-34(3)17-19-35/h4-15H,16-19H2,1-3H3,(H2,30,31,32,33,37,38). The predicted molar refractivity (Wildman–Crippen MR) is 149 cm³/mol. The van der Waals surface area contributed by atoms with E-state index in [9.17, 15) is 9.59 Å². The summed E-state index contributed by atoms with van der Waals surface area (Å²) in [6.07, 6.45) is 0. The van der Waals surface area contributed by atoms with Crippen molar-refractivity contribution in [1.82, 2.24) is 19.7 Å². The van der Waals surface area contributed by atoms with E-state index in [2.05, 4.69) is 37.6 Å². The Labute approximate surface area is 222 Å². The van der Waals surface area contributed by atoms with E-state index in [0.717, 1.165) is 43.0 Å². The first-order chi connectivity index (χ1) is 18.4. The molecule has 0 radical (unpaired) electrons. The van der Waals surface area contributed by atoms with Crippen LogP contribution in [0.5, 0.6) is 0 Å². The quantitative estimate of drug-likeness (QED) is 0.406. The van der Waals surface area contributed by atoms with Crippen molar-refractivity contribution in [3.8, 4) is 5.69 Å². The summed E-state index contributed by atoms with van der Waals surface area (Å²) in [6, 6.07) is 22.6. The maximum absolute atomic E-state index is 13.1. The molecule has 1 saturated heterocycles. The number of benzene rings is 3. The lowest BCUT2D eigenvalue weighted by molar-refractivity contribution is 0.101. The Morgan fingerprint density at radius 2 is 1.24 bits per heavy atom. The zero-order chi connectivity index (χ0) is 26.6. The first kappa shape index (κ1) is 25.2. The second kappa shape index (κ2) is 10.9. The Balaban J connectivity index is 1.44. The van der Waals surface area contributed by atoms with Crippen LogP contribution in [-0.4, -0.2) is 64.7 Å². The van der Waals surface area contributed by atoms with Crippen LogP contribution in [0.25, 0.3) is 5.69 Å². The summed E-state index contributed by atoms with van der Waals surface area (Å²) in [5.41, 5.74) is 4.61. The second-order valence-corrected chi connectivity index (χ2v) is 9.52. The number of amides is 2. The molecule has 5 rings (SSSR count). The molecule has 2 heterocycles. The second-order valence-electron chi connectivity index (χ2n) is 9.52. The minimum Gasteiger partial charge on any atom is -0.369 e. The van der Waals surface area contributed by atoms with Gasteiger partial charge in [-0.3, -0.25) is 20.2 Å². The van der Waals surface area contributed by atoms with E-state index in [4.69, 9.17) is 0 Å². The number of aryl methyl sites for hydroxylation is 2. The SMILES string of the molecule is Cc1ccccc1C(=O)Nc1nc(NC(=O)c2ccccc2C)n(-c2ccc(N3CCN(C)CC3)cc2)n1. The zero-order valence-corrected chi connectivity index (χ0v) is 21.8. The Morgan fingerprint density at radius 3 is 1.82 bits per heavy atom. The Bertz CT molecular complexity index is 1450. The molecule has 1 fully saturated rings. The molecule has 38 heavy (non-hydrogen) atoms. The summed E-state index contributed by atoms with van der Waals surface area (Å²) in [4.78, 5) is 35.2. The molecule has 0 atom stereocenters. The van der Waals surface area contributed by atoms with Crippen LogP contribution in [0, 0.1) is 13.8 Å². The van der Waals surface area contributed by atoms with Crippen LogP contribution in [0.2, 0.25) is 0 Å². The lowest BCUT2D eigenvalue weighted by atomic mass is 10.1. The molecule has 0 spiro atoms. The lowest BCUT2D eigenvalue weighted by Gasteiger charge is -2.34. The largest absolute Gasteiger partial charge is 0.369 e. The van der Waals surface area contributed by atoms with E-state index in [-0.39, 0.29) is 23.7 Å². The molecular formula is C29H31N7O2. The van der Waals surface area contributed by atoms with E-state index in [1.807, 2.05) is 74.5 Å². The number of hydrogen-bond acceptors (Lipinski definition) is 6. The average molecular weight is 510 g/mol. The number of hydrogen-bond donors (Lipinski definition) is 2. The van der Waals surface area contributed by atoms with Crippen LogP contribution in [0.15, 0.2) is 72.8 Å². The van der Waals surface area contributed by atoms with Crippen LogP contribution in [0.4, 0.5) is 17.6 Å². The maximum atomic E-state index is 13.1. The number of likely N-dealkylation sites (N-methyl/N-ethyl adjacent to an activating group) is 1. The van der Waals surface area contributed by atoms with E-state index in [1.165, 1.54) is 4.68 Å². The fraction of sp³-hybridized carbons (Fsp3) is 0.241. The number of carbonyl (C=O) groups is 2. The van der Waals surface area contributed by atoms with Gasteiger partial charge in [0.15, 0.2) is 0 Å². The molecule has 1 aliphatic rings. The van der Waals surface area contributed by atoms with Gasteiger partial charge in [-0.2, -0.15) is 9.67 Å². The average Bonchev–Trinajstić information content (AvgIpc) is 3.31. The van der Waals surface area contributed by atoms with Crippen molar-refractivity contribution in [3.05, 3.63) is 95.1 Å². The number of nitrogens with zero attached hydrogens (tertiary/aromatic N) is 5. The molecule has 9 heteroatoms. The fourth-order valence-corrected chi connectivity index (χ4v) is 4.49. The van der Waals surface area contributed by atoms with Gasteiger partial charge in [0, 0.05) is 43.0 Å². The van der Waals surface area contributed by atoms with Crippen LogP contribution in [0.3, 0.4) is 0 Å². The summed E-state index contributed by atoms with van der Waals surface area (Å²) >= 11 is 0. The minimum atomic E-state index is -0.317. The van der Waals surface area contributed by atoms with Crippen molar-refractivity contribution in [1.29, 1.82) is 0 Å². The fourth-order valence-electron chi connectivity index (χ4n) is 4.49. The Kier molecular flexibility index (Phi) is 7.19. The van der Waals surface area contributed by atoms with Crippen molar-refractivity contribution >= 4 is 29.4 Å². The van der Waals surface area contributed by atoms with Crippen molar-refractivity contribution in [2.45, 2.75) is 13.8 Å². The summed E-state index contributed by atoms with van der Waals surface area (Å²) < 4.78 is 1.54. The van der Waals surface area contributed by atoms with Crippen molar-refractivity contribution in [2.75, 3.05) is 48.8 Å². The third kappa shape index (κ3) is 5.42. The number of nitrogens with one attached hydrogen (secondary N) is 2. The molecule has 4 aromatic rings. The molecule has 2 N–H and O–H groups in total. The molecule has 0 unspecified atom stereocenters. The normalized spacial score (nSPS) is 13.8. The molecule has 194 valence electrons. The van der Waals surface area contributed by atoms with Gasteiger partial charge in [-0.05, 0) is 68.4 Å². The Morgan fingerprint density at radius 1 is 0.711 bits per heavy atom. The molecule has 0 aliphatic carbocycles. The predicted octanol–water partition coefficient (Wildman–Crippen LogP) is 4.14. The molecule has 3 aromatic carbocycles. The zero-order valence-electron chi connectivity index (χ0n) is 21.8. The number of rotatable bonds is 6. The number of anilines is 3. The van der Waals surface area contributed by atoms with Gasteiger partial charge in [-0.25, -0.2) is 0 Å². The summed E-state index contributed by atoms with van der Waals surface area (Å²) in [5.74, 6) is -0.308. The summed E-state index contributed by atoms with van der Waals surface area (Å²) in [5, 5.41) is 10.2. The highest BCUT2D eigenvalue weighted by atomic mass is 16.2. The number of piperazine rings is 1. The van der Waals surface area contributed by atoms with Gasteiger partial charge < -0.3 is 9.80 Å². The third-order valence-electron chi connectivity index (χ3n) is 6.80. The van der Waals surface area contributed by atoms with Crippen molar-refractivity contribution in [2.24, 2.45) is 0 Å². The number of aromatic nitrogens is 3. The van der Waals surface area contributed by atoms with Crippen molar-refractivity contribution in [3.63, 3.8) is 0 Å². The first-order valence-corrected chi connectivity index (χ1v) is 12.6. The van der Waals surface area contributed by atoms with Gasteiger partial charge >= 0.3 is 0 Å². The van der Waals surface area contributed by atoms with Crippen molar-refractivity contribution < 1.29 is 9.59 Å². The third-order valence-corrected chi connectivity index (χ3v) is 6.80.